The lowest BCUT2D eigenvalue weighted by molar-refractivity contribution is -0.338. The van der Waals surface area contributed by atoms with E-state index in [4.69, 9.17) is 23.7 Å². The highest BCUT2D eigenvalue weighted by molar-refractivity contribution is 5.15. The third kappa shape index (κ3) is 8.04. The molecule has 3 aromatic carbocycles. The fourth-order valence-corrected chi connectivity index (χ4v) is 6.00. The van der Waals surface area contributed by atoms with Crippen molar-refractivity contribution in [3.05, 3.63) is 108 Å². The van der Waals surface area contributed by atoms with E-state index in [1.165, 1.54) is 0 Å². The van der Waals surface area contributed by atoms with E-state index in [9.17, 15) is 5.11 Å². The number of benzene rings is 3. The average molecular weight is 561 g/mol. The highest BCUT2D eigenvalue weighted by atomic mass is 16.7. The maximum absolute atomic E-state index is 11.0. The maximum atomic E-state index is 11.0. The van der Waals surface area contributed by atoms with Gasteiger partial charge in [0.2, 0.25) is 0 Å². The van der Waals surface area contributed by atoms with Crippen molar-refractivity contribution in [3.8, 4) is 0 Å². The molecule has 0 bridgehead atoms. The molecule has 41 heavy (non-hydrogen) atoms. The van der Waals surface area contributed by atoms with Crippen molar-refractivity contribution in [2.24, 2.45) is 5.92 Å². The Labute approximate surface area is 244 Å². The Morgan fingerprint density at radius 2 is 1.15 bits per heavy atom. The molecule has 2 fully saturated rings. The summed E-state index contributed by atoms with van der Waals surface area (Å²) in [5, 5.41) is 11.0. The van der Waals surface area contributed by atoms with E-state index in [1.54, 1.807) is 0 Å². The average Bonchev–Trinajstić information content (AvgIpc) is 3.01. The lowest BCUT2D eigenvalue weighted by Crippen LogP contribution is -2.61. The summed E-state index contributed by atoms with van der Waals surface area (Å²) in [6.45, 7) is 5.38. The fourth-order valence-electron chi connectivity index (χ4n) is 6.00. The number of hydrogen-bond donors (Lipinski definition) is 1. The van der Waals surface area contributed by atoms with E-state index in [0.29, 0.717) is 19.8 Å². The number of hydrogen-bond acceptors (Lipinski definition) is 6. The van der Waals surface area contributed by atoms with Gasteiger partial charge in [0.1, 0.15) is 18.3 Å². The Bertz CT molecular complexity index is 1140. The van der Waals surface area contributed by atoms with Gasteiger partial charge in [0.15, 0.2) is 6.29 Å². The first-order valence-corrected chi connectivity index (χ1v) is 15.1. The van der Waals surface area contributed by atoms with Crippen molar-refractivity contribution in [1.82, 2.24) is 0 Å². The van der Waals surface area contributed by atoms with Gasteiger partial charge >= 0.3 is 0 Å². The van der Waals surface area contributed by atoms with Crippen molar-refractivity contribution >= 4 is 0 Å². The van der Waals surface area contributed by atoms with Gasteiger partial charge in [0, 0.05) is 0 Å². The van der Waals surface area contributed by atoms with Crippen LogP contribution in [-0.2, 0) is 43.5 Å². The van der Waals surface area contributed by atoms with E-state index in [0.717, 1.165) is 42.4 Å². The molecule has 0 unspecified atom stereocenters. The first-order chi connectivity index (χ1) is 20.1. The van der Waals surface area contributed by atoms with Gasteiger partial charge in [-0.3, -0.25) is 0 Å². The van der Waals surface area contributed by atoms with Crippen molar-refractivity contribution in [2.45, 2.75) is 102 Å². The van der Waals surface area contributed by atoms with E-state index in [1.807, 2.05) is 73.7 Å². The normalized spacial score (nSPS) is 30.2. The standard InChI is InChI=1S/C35H44O6/c1-3-29-20-13-21-30(36)32(29)41-35-34(39-24-28-18-11-6-12-19-28)33(38-23-27-16-9-5-10-17-27)31(25(2)40-35)37-22-26-14-7-4-8-15-26/h4-12,14-19,25,29-36H,3,13,20-24H2,1-2H3/t25-,29-,30+,31+,32+,33+,34-,35-/m0/s1. The molecule has 1 aliphatic heterocycles. The van der Waals surface area contributed by atoms with Gasteiger partial charge in [-0.15, -0.1) is 0 Å². The van der Waals surface area contributed by atoms with Crippen LogP contribution in [0.4, 0.5) is 0 Å². The first kappa shape index (κ1) is 29.9. The van der Waals surface area contributed by atoms with Crippen molar-refractivity contribution < 1.29 is 28.8 Å². The third-order valence-corrected chi connectivity index (χ3v) is 8.32. The molecule has 0 aromatic heterocycles. The van der Waals surface area contributed by atoms with Gasteiger partial charge in [-0.1, -0.05) is 111 Å². The summed E-state index contributed by atoms with van der Waals surface area (Å²) in [6, 6.07) is 30.4. The van der Waals surface area contributed by atoms with E-state index in [-0.39, 0.29) is 18.1 Å². The molecular formula is C35H44O6. The molecule has 1 aliphatic carbocycles. The van der Waals surface area contributed by atoms with Gasteiger partial charge in [-0.2, -0.15) is 0 Å². The number of rotatable bonds is 12. The molecule has 1 saturated carbocycles. The molecule has 220 valence electrons. The summed E-state index contributed by atoms with van der Waals surface area (Å²) in [4.78, 5) is 0. The molecule has 2 aliphatic rings. The summed E-state index contributed by atoms with van der Waals surface area (Å²) in [7, 11) is 0. The van der Waals surface area contributed by atoms with Gasteiger partial charge < -0.3 is 28.8 Å². The Balaban J connectivity index is 1.42. The summed E-state index contributed by atoms with van der Waals surface area (Å²) >= 11 is 0. The fraction of sp³-hybridized carbons (Fsp3) is 0.486. The smallest absolute Gasteiger partial charge is 0.187 e. The van der Waals surface area contributed by atoms with Crippen molar-refractivity contribution in [1.29, 1.82) is 0 Å². The van der Waals surface area contributed by atoms with Crippen molar-refractivity contribution in [2.75, 3.05) is 0 Å². The van der Waals surface area contributed by atoms with Crippen LogP contribution in [0.15, 0.2) is 91.0 Å². The van der Waals surface area contributed by atoms with E-state index < -0.39 is 30.7 Å². The predicted molar refractivity (Wildman–Crippen MR) is 158 cm³/mol. The molecule has 5 rings (SSSR count). The van der Waals surface area contributed by atoms with Gasteiger partial charge in [-0.25, -0.2) is 0 Å². The second kappa shape index (κ2) is 15.1. The molecule has 0 spiro atoms. The third-order valence-electron chi connectivity index (χ3n) is 8.32. The van der Waals surface area contributed by atoms with Gasteiger partial charge in [0.25, 0.3) is 0 Å². The Morgan fingerprint density at radius 1 is 0.659 bits per heavy atom. The molecule has 6 heteroatoms. The first-order valence-electron chi connectivity index (χ1n) is 15.1. The highest BCUT2D eigenvalue weighted by Crippen LogP contribution is 2.36. The minimum atomic E-state index is -0.710. The van der Waals surface area contributed by atoms with E-state index in [2.05, 4.69) is 31.2 Å². The Hall–Kier alpha value is -2.58. The number of aliphatic hydroxyl groups is 1. The van der Waals surface area contributed by atoms with Crippen LogP contribution >= 0.6 is 0 Å². The minimum absolute atomic E-state index is 0.267. The molecule has 1 saturated heterocycles. The van der Waals surface area contributed by atoms with Crippen LogP contribution in [0.2, 0.25) is 0 Å². The molecule has 1 heterocycles. The zero-order valence-corrected chi connectivity index (χ0v) is 24.2. The van der Waals surface area contributed by atoms with Crippen LogP contribution in [0, 0.1) is 5.92 Å². The molecule has 6 nitrogen and oxygen atoms in total. The van der Waals surface area contributed by atoms with Gasteiger partial charge in [0.05, 0.1) is 38.1 Å². The number of ether oxygens (including phenoxy) is 5. The van der Waals surface area contributed by atoms with Crippen LogP contribution in [0.25, 0.3) is 0 Å². The van der Waals surface area contributed by atoms with Crippen LogP contribution in [0.3, 0.4) is 0 Å². The molecule has 0 radical (unpaired) electrons. The molecular weight excluding hydrogens is 516 g/mol. The zero-order chi connectivity index (χ0) is 28.4. The summed E-state index contributed by atoms with van der Waals surface area (Å²) in [5.41, 5.74) is 3.21. The SMILES string of the molecule is CC[C@H]1CCC[C@@H](O)[C@@H]1O[C@@H]1O[C@@H](C)[C@@H](OCc2ccccc2)[C@@H](OCc2ccccc2)[C@@H]1OCc1ccccc1. The molecule has 1 N–H and O–H groups in total. The van der Waals surface area contributed by atoms with Crippen LogP contribution in [0.5, 0.6) is 0 Å². The minimum Gasteiger partial charge on any atom is -0.390 e. The molecule has 3 aromatic rings. The lowest BCUT2D eigenvalue weighted by Gasteiger charge is -2.47. The highest BCUT2D eigenvalue weighted by Gasteiger charge is 2.49. The summed E-state index contributed by atoms with van der Waals surface area (Å²) < 4.78 is 33.1. The summed E-state index contributed by atoms with van der Waals surface area (Å²) in [6.07, 6.45) is 0.424. The predicted octanol–water partition coefficient (Wildman–Crippen LogP) is 6.44. The number of aliphatic hydroxyl groups excluding tert-OH is 1. The largest absolute Gasteiger partial charge is 0.390 e. The lowest BCUT2D eigenvalue weighted by atomic mass is 9.82. The Morgan fingerprint density at radius 3 is 1.66 bits per heavy atom. The van der Waals surface area contributed by atoms with Crippen LogP contribution < -0.4 is 0 Å². The monoisotopic (exact) mass is 560 g/mol. The topological polar surface area (TPSA) is 66.4 Å². The summed E-state index contributed by atoms with van der Waals surface area (Å²) in [5.74, 6) is 0.267. The van der Waals surface area contributed by atoms with Gasteiger partial charge in [-0.05, 0) is 42.4 Å². The maximum Gasteiger partial charge on any atom is 0.187 e. The molecule has 0 amide bonds. The zero-order valence-electron chi connectivity index (χ0n) is 24.2. The van der Waals surface area contributed by atoms with Crippen LogP contribution in [-0.4, -0.2) is 48.0 Å². The quantitative estimate of drug-likeness (QED) is 0.275. The van der Waals surface area contributed by atoms with Crippen LogP contribution in [0.1, 0.15) is 56.2 Å². The van der Waals surface area contributed by atoms with E-state index >= 15 is 0 Å². The van der Waals surface area contributed by atoms with Crippen molar-refractivity contribution in [3.63, 3.8) is 0 Å². The second-order valence-corrected chi connectivity index (χ2v) is 11.3. The second-order valence-electron chi connectivity index (χ2n) is 11.3. The Kier molecular flexibility index (Phi) is 11.0. The molecule has 8 atom stereocenters.